The van der Waals surface area contributed by atoms with Crippen molar-refractivity contribution in [2.75, 3.05) is 19.6 Å². The Bertz CT molecular complexity index is 692. The Morgan fingerprint density at radius 3 is 2.46 bits per heavy atom. The van der Waals surface area contributed by atoms with Crippen molar-refractivity contribution in [2.45, 2.75) is 30.8 Å². The quantitative estimate of drug-likeness (QED) is 0.604. The summed E-state index contributed by atoms with van der Waals surface area (Å²) in [7, 11) is 0. The number of benzene rings is 1. The maximum Gasteiger partial charge on any atom is 0.297 e. The zero-order valence-corrected chi connectivity index (χ0v) is 13.4. The van der Waals surface area contributed by atoms with E-state index in [1.54, 1.807) is 29.2 Å². The molecule has 2 aliphatic rings. The lowest BCUT2D eigenvalue weighted by Gasteiger charge is -2.45. The number of hydrogen-bond donors (Lipinski definition) is 0. The predicted molar refractivity (Wildman–Crippen MR) is 86.0 cm³/mol. The largest absolute Gasteiger partial charge is 0.454 e. The number of ether oxygens (including phenoxy) is 1. The molecule has 1 aliphatic carbocycles. The third kappa shape index (κ3) is 2.52. The number of piperidine rings is 1. The van der Waals surface area contributed by atoms with Crippen LogP contribution in [0.1, 0.15) is 19.8 Å². The van der Waals surface area contributed by atoms with Crippen LogP contribution >= 0.6 is 0 Å². The number of nitro groups is 2. The van der Waals surface area contributed by atoms with Gasteiger partial charge in [0.2, 0.25) is 5.54 Å². The number of hydrogen-bond acceptors (Lipinski definition) is 6. The molecule has 8 heteroatoms. The molecule has 0 unspecified atom stereocenters. The van der Waals surface area contributed by atoms with Crippen molar-refractivity contribution in [3.63, 3.8) is 0 Å². The van der Waals surface area contributed by atoms with Crippen LogP contribution in [0.25, 0.3) is 0 Å². The molecule has 0 aromatic heterocycles. The Morgan fingerprint density at radius 2 is 1.88 bits per heavy atom. The standard InChI is InChI=1S/C16H19N3O5/c1-2-17-11-15(18(20)21)9-8-14(16(10-15,12-17)19(22)23)24-13-6-4-3-5-7-13/h3-8H,2,9-12H2,1H3/t15-,16+/m1/s1. The SMILES string of the molecule is CCN1C[C@@]2([N+](=O)[O-])CC=C(Oc3ccccc3)[C@@]([N+](=O)[O-])(C1)C2. The second-order valence-corrected chi connectivity index (χ2v) is 6.44. The molecule has 0 spiro atoms. The Morgan fingerprint density at radius 1 is 1.17 bits per heavy atom. The molecule has 1 fully saturated rings. The smallest absolute Gasteiger partial charge is 0.297 e. The van der Waals surface area contributed by atoms with Crippen LogP contribution in [0.5, 0.6) is 5.75 Å². The monoisotopic (exact) mass is 333 g/mol. The molecule has 0 saturated carbocycles. The molecular formula is C16H19N3O5. The summed E-state index contributed by atoms with van der Waals surface area (Å²) >= 11 is 0. The third-order valence-electron chi connectivity index (χ3n) is 4.91. The minimum Gasteiger partial charge on any atom is -0.454 e. The van der Waals surface area contributed by atoms with Crippen LogP contribution in [0.15, 0.2) is 42.2 Å². The lowest BCUT2D eigenvalue weighted by Crippen LogP contribution is -2.67. The number of rotatable bonds is 5. The van der Waals surface area contributed by atoms with Crippen LogP contribution in [0, 0.1) is 20.2 Å². The molecule has 0 amide bonds. The summed E-state index contributed by atoms with van der Waals surface area (Å²) in [6.45, 7) is 2.71. The van der Waals surface area contributed by atoms with Gasteiger partial charge in [-0.3, -0.25) is 25.1 Å². The zero-order valence-electron chi connectivity index (χ0n) is 13.4. The van der Waals surface area contributed by atoms with Crippen molar-refractivity contribution in [1.82, 2.24) is 4.90 Å². The van der Waals surface area contributed by atoms with E-state index in [9.17, 15) is 20.2 Å². The van der Waals surface area contributed by atoms with Gasteiger partial charge in [-0.25, -0.2) is 0 Å². The van der Waals surface area contributed by atoms with E-state index < -0.39 is 16.0 Å². The van der Waals surface area contributed by atoms with Crippen molar-refractivity contribution in [3.8, 4) is 5.75 Å². The Labute approximate surface area is 139 Å². The van der Waals surface area contributed by atoms with Gasteiger partial charge in [0.1, 0.15) is 5.75 Å². The summed E-state index contributed by atoms with van der Waals surface area (Å²) in [6.07, 6.45) is 1.53. The van der Waals surface area contributed by atoms with Gasteiger partial charge in [-0.05, 0) is 24.8 Å². The Kier molecular flexibility index (Phi) is 4.00. The number of nitrogens with zero attached hydrogens (tertiary/aromatic N) is 3. The van der Waals surface area contributed by atoms with E-state index in [2.05, 4.69) is 0 Å². The van der Waals surface area contributed by atoms with Crippen LogP contribution < -0.4 is 4.74 Å². The molecule has 0 radical (unpaired) electrons. The number of likely N-dealkylation sites (N-methyl/N-ethyl adjacent to an activating group) is 1. The summed E-state index contributed by atoms with van der Waals surface area (Å²) in [6, 6.07) is 8.80. The first-order valence-corrected chi connectivity index (χ1v) is 7.87. The highest BCUT2D eigenvalue weighted by molar-refractivity contribution is 5.30. The summed E-state index contributed by atoms with van der Waals surface area (Å²) < 4.78 is 5.79. The van der Waals surface area contributed by atoms with Crippen LogP contribution in [0.2, 0.25) is 0 Å². The fourth-order valence-corrected chi connectivity index (χ4v) is 3.66. The lowest BCUT2D eigenvalue weighted by molar-refractivity contribution is -0.623. The minimum absolute atomic E-state index is 0.116. The predicted octanol–water partition coefficient (Wildman–Crippen LogP) is 2.11. The zero-order chi connectivity index (χ0) is 17.4. The molecule has 2 bridgehead atoms. The highest BCUT2D eigenvalue weighted by Crippen LogP contribution is 2.44. The molecule has 1 heterocycles. The average Bonchev–Trinajstić information content (AvgIpc) is 2.58. The van der Waals surface area contributed by atoms with E-state index in [0.29, 0.717) is 12.3 Å². The second kappa shape index (κ2) is 5.86. The van der Waals surface area contributed by atoms with Crippen molar-refractivity contribution >= 4 is 0 Å². The first-order chi connectivity index (χ1) is 11.4. The molecule has 3 rings (SSSR count). The summed E-state index contributed by atoms with van der Waals surface area (Å²) in [5.41, 5.74) is -2.92. The minimum atomic E-state index is -1.59. The van der Waals surface area contributed by atoms with Gasteiger partial charge in [-0.15, -0.1) is 0 Å². The van der Waals surface area contributed by atoms with E-state index in [1.165, 1.54) is 6.08 Å². The number of fused-ring (bicyclic) bond motifs is 2. The van der Waals surface area contributed by atoms with E-state index in [-0.39, 0.29) is 36.6 Å². The molecular weight excluding hydrogens is 314 g/mol. The van der Waals surface area contributed by atoms with Crippen molar-refractivity contribution < 1.29 is 14.6 Å². The van der Waals surface area contributed by atoms with E-state index in [0.717, 1.165) is 0 Å². The van der Waals surface area contributed by atoms with Gasteiger partial charge in [-0.1, -0.05) is 25.1 Å². The van der Waals surface area contributed by atoms with Crippen molar-refractivity contribution in [3.05, 3.63) is 62.4 Å². The van der Waals surface area contributed by atoms with Crippen molar-refractivity contribution in [1.29, 1.82) is 0 Å². The van der Waals surface area contributed by atoms with Crippen LogP contribution in [-0.2, 0) is 0 Å². The lowest BCUT2D eigenvalue weighted by atomic mass is 9.71. The average molecular weight is 333 g/mol. The van der Waals surface area contributed by atoms with E-state index >= 15 is 0 Å². The fraction of sp³-hybridized carbons (Fsp3) is 0.500. The van der Waals surface area contributed by atoms with Gasteiger partial charge in [0.25, 0.3) is 5.54 Å². The van der Waals surface area contributed by atoms with Gasteiger partial charge in [-0.2, -0.15) is 0 Å². The van der Waals surface area contributed by atoms with Gasteiger partial charge in [0, 0.05) is 16.3 Å². The number of para-hydroxylation sites is 1. The second-order valence-electron chi connectivity index (χ2n) is 6.44. The molecule has 8 nitrogen and oxygen atoms in total. The molecule has 1 aliphatic heterocycles. The topological polar surface area (TPSA) is 98.8 Å². The molecule has 1 aromatic carbocycles. The summed E-state index contributed by atoms with van der Waals surface area (Å²) in [5, 5.41) is 23.6. The third-order valence-corrected chi connectivity index (χ3v) is 4.91. The van der Waals surface area contributed by atoms with Crippen LogP contribution in [0.4, 0.5) is 0 Å². The molecule has 2 atom stereocenters. The van der Waals surface area contributed by atoms with Gasteiger partial charge >= 0.3 is 0 Å². The maximum atomic E-state index is 11.9. The highest BCUT2D eigenvalue weighted by Gasteiger charge is 2.66. The summed E-state index contributed by atoms with van der Waals surface area (Å²) in [4.78, 5) is 24.6. The normalized spacial score (nSPS) is 29.6. The molecule has 128 valence electrons. The first-order valence-electron chi connectivity index (χ1n) is 7.87. The maximum absolute atomic E-state index is 11.9. The first kappa shape index (κ1) is 16.4. The van der Waals surface area contributed by atoms with Gasteiger partial charge < -0.3 is 4.74 Å². The molecule has 0 N–H and O–H groups in total. The van der Waals surface area contributed by atoms with E-state index in [4.69, 9.17) is 4.74 Å². The molecule has 1 saturated heterocycles. The van der Waals surface area contributed by atoms with Crippen molar-refractivity contribution in [2.24, 2.45) is 0 Å². The van der Waals surface area contributed by atoms with Gasteiger partial charge in [0.05, 0.1) is 19.5 Å². The number of likely N-dealkylation sites (tertiary alicyclic amines) is 1. The fourth-order valence-electron chi connectivity index (χ4n) is 3.66. The Balaban J connectivity index is 2.04. The molecule has 24 heavy (non-hydrogen) atoms. The highest BCUT2D eigenvalue weighted by atomic mass is 16.6. The molecule has 1 aromatic rings. The van der Waals surface area contributed by atoms with Crippen LogP contribution in [-0.4, -0.2) is 45.5 Å². The summed E-state index contributed by atoms with van der Waals surface area (Å²) in [5.74, 6) is 0.696. The Hall–Kier alpha value is -2.48. The van der Waals surface area contributed by atoms with Gasteiger partial charge in [0.15, 0.2) is 5.76 Å². The van der Waals surface area contributed by atoms with E-state index in [1.807, 2.05) is 13.0 Å². The van der Waals surface area contributed by atoms with Crippen LogP contribution in [0.3, 0.4) is 0 Å².